The lowest BCUT2D eigenvalue weighted by Crippen LogP contribution is -2.28. The third kappa shape index (κ3) is 5.85. The number of rotatable bonds is 6. The highest BCUT2D eigenvalue weighted by Gasteiger charge is 2.49. The molecule has 2 heterocycles. The Morgan fingerprint density at radius 2 is 0.760 bits per heavy atom. The summed E-state index contributed by atoms with van der Waals surface area (Å²) in [6, 6.07) is 89.4. The van der Waals surface area contributed by atoms with Gasteiger partial charge in [0.2, 0.25) is 0 Å². The van der Waals surface area contributed by atoms with Crippen LogP contribution in [0.4, 0.5) is 5.69 Å². The molecule has 11 aromatic carbocycles. The van der Waals surface area contributed by atoms with Crippen molar-refractivity contribution in [3.8, 4) is 49.2 Å². The molecule has 2 aliphatic rings. The smallest absolute Gasteiger partial charge is 0.187 e. The third-order valence-corrected chi connectivity index (χ3v) is 17.3. The van der Waals surface area contributed by atoms with E-state index < -0.39 is 10.8 Å². The minimum absolute atomic E-state index is 0.525. The van der Waals surface area contributed by atoms with Crippen LogP contribution in [0, 0.1) is 17.9 Å². The molecule has 2 aliphatic carbocycles. The topological polar surface area (TPSA) is 53.9 Å². The van der Waals surface area contributed by atoms with Gasteiger partial charge in [0.05, 0.1) is 49.8 Å². The van der Waals surface area contributed by atoms with Crippen LogP contribution in [-0.2, 0) is 10.8 Å². The van der Waals surface area contributed by atoms with Crippen LogP contribution >= 0.6 is 11.3 Å². The minimum Gasteiger partial charge on any atom is -0.242 e. The highest BCUT2D eigenvalue weighted by atomic mass is 32.1. The maximum Gasteiger partial charge on any atom is 0.187 e. The maximum absolute atomic E-state index is 10.2. The second kappa shape index (κ2) is 16.4. The van der Waals surface area contributed by atoms with E-state index in [9.17, 15) is 5.26 Å². The van der Waals surface area contributed by atoms with E-state index >= 15 is 0 Å². The predicted octanol–water partition coefficient (Wildman–Crippen LogP) is 17.6. The molecule has 0 saturated heterocycles. The molecule has 75 heavy (non-hydrogen) atoms. The van der Waals surface area contributed by atoms with Crippen LogP contribution < -0.4 is 0 Å². The molecule has 346 valence electrons. The van der Waals surface area contributed by atoms with E-state index in [1.54, 1.807) is 11.3 Å². The first kappa shape index (κ1) is 42.9. The number of fused-ring (bicyclic) bond motifs is 13. The summed E-state index contributed by atoms with van der Waals surface area (Å²) >= 11 is 1.77. The monoisotopic (exact) mass is 968 g/mol. The number of nitriles is 1. The largest absolute Gasteiger partial charge is 0.242 e. The Morgan fingerprint density at radius 3 is 1.20 bits per heavy atom. The SMILES string of the molecule is [C-]#[N+]c1ccc2c(c1)c1cc(C#N)ccc1c1nc3c(-c4cccc5c4-c4ccccc4C5(c4ccccc4)c4ccccc4)sc(-c4cccc5c4-c4ccccc4C5(c4ccccc4)c4ccccc4)c3nc21. The molecule has 0 atom stereocenters. The lowest BCUT2D eigenvalue weighted by Gasteiger charge is -2.34. The molecular formula is C70H40N4S. The van der Waals surface area contributed by atoms with Crippen LogP contribution in [0.1, 0.15) is 50.1 Å². The van der Waals surface area contributed by atoms with Crippen LogP contribution in [-0.4, -0.2) is 9.97 Å². The number of benzene rings is 11. The van der Waals surface area contributed by atoms with Crippen LogP contribution in [0.2, 0.25) is 0 Å². The molecule has 5 heteroatoms. The van der Waals surface area contributed by atoms with Gasteiger partial charge in [-0.1, -0.05) is 224 Å². The average Bonchev–Trinajstić information content (AvgIpc) is 4.14. The van der Waals surface area contributed by atoms with E-state index in [1.165, 1.54) is 66.8 Å². The molecule has 0 aliphatic heterocycles. The maximum atomic E-state index is 10.2. The molecule has 0 fully saturated rings. The van der Waals surface area contributed by atoms with Crippen molar-refractivity contribution in [1.29, 1.82) is 5.26 Å². The van der Waals surface area contributed by atoms with Crippen molar-refractivity contribution < 1.29 is 0 Å². The number of hydrogen-bond acceptors (Lipinski definition) is 4. The molecule has 2 aromatic heterocycles. The van der Waals surface area contributed by atoms with Crippen LogP contribution in [0.5, 0.6) is 0 Å². The number of aromatic nitrogens is 2. The first-order valence-electron chi connectivity index (χ1n) is 25.2. The van der Waals surface area contributed by atoms with Gasteiger partial charge in [-0.15, -0.1) is 11.3 Å². The summed E-state index contributed by atoms with van der Waals surface area (Å²) in [6.45, 7) is 8.00. The van der Waals surface area contributed by atoms with E-state index in [0.717, 1.165) is 64.5 Å². The van der Waals surface area contributed by atoms with Crippen LogP contribution in [0.15, 0.2) is 243 Å². The van der Waals surface area contributed by atoms with Gasteiger partial charge >= 0.3 is 0 Å². The Labute approximate surface area is 437 Å². The van der Waals surface area contributed by atoms with E-state index in [4.69, 9.17) is 16.5 Å². The highest BCUT2D eigenvalue weighted by Crippen LogP contribution is 2.62. The summed E-state index contributed by atoms with van der Waals surface area (Å²) in [5.74, 6) is 0. The van der Waals surface area contributed by atoms with E-state index in [-0.39, 0.29) is 0 Å². The molecule has 0 saturated carbocycles. The number of hydrogen-bond donors (Lipinski definition) is 0. The van der Waals surface area contributed by atoms with Gasteiger partial charge in [0.15, 0.2) is 5.69 Å². The zero-order chi connectivity index (χ0) is 49.8. The summed E-state index contributed by atoms with van der Waals surface area (Å²) < 4.78 is 0. The molecule has 0 radical (unpaired) electrons. The van der Waals surface area contributed by atoms with Crippen molar-refractivity contribution in [2.75, 3.05) is 0 Å². The molecule has 0 N–H and O–H groups in total. The molecule has 0 bridgehead atoms. The first-order chi connectivity index (χ1) is 37.1. The second-order valence-electron chi connectivity index (χ2n) is 19.6. The van der Waals surface area contributed by atoms with Crippen molar-refractivity contribution in [2.24, 2.45) is 0 Å². The van der Waals surface area contributed by atoms with Crippen molar-refractivity contribution >= 4 is 60.6 Å². The van der Waals surface area contributed by atoms with Gasteiger partial charge in [0.25, 0.3) is 0 Å². The van der Waals surface area contributed by atoms with Crippen molar-refractivity contribution in [1.82, 2.24) is 9.97 Å². The van der Waals surface area contributed by atoms with Crippen LogP contribution in [0.3, 0.4) is 0 Å². The summed E-state index contributed by atoms with van der Waals surface area (Å²) in [7, 11) is 0. The highest BCUT2D eigenvalue weighted by molar-refractivity contribution is 7.21. The van der Waals surface area contributed by atoms with Crippen molar-refractivity contribution in [3.63, 3.8) is 0 Å². The van der Waals surface area contributed by atoms with Crippen LogP contribution in [0.25, 0.3) is 91.6 Å². The molecular weight excluding hydrogens is 929 g/mol. The fraction of sp³-hybridized carbons (Fsp3) is 0.0286. The lowest BCUT2D eigenvalue weighted by atomic mass is 9.67. The van der Waals surface area contributed by atoms with Gasteiger partial charge in [0, 0.05) is 21.9 Å². The van der Waals surface area contributed by atoms with Gasteiger partial charge in [-0.3, -0.25) is 0 Å². The van der Waals surface area contributed by atoms with Gasteiger partial charge in [-0.25, -0.2) is 14.8 Å². The zero-order valence-corrected chi connectivity index (χ0v) is 41.1. The van der Waals surface area contributed by atoms with Gasteiger partial charge in [0.1, 0.15) is 11.0 Å². The second-order valence-corrected chi connectivity index (χ2v) is 20.6. The fourth-order valence-electron chi connectivity index (χ4n) is 13.1. The molecule has 0 unspecified atom stereocenters. The van der Waals surface area contributed by atoms with E-state index in [0.29, 0.717) is 11.3 Å². The quantitative estimate of drug-likeness (QED) is 0.123. The molecule has 4 nitrogen and oxygen atoms in total. The zero-order valence-electron chi connectivity index (χ0n) is 40.3. The third-order valence-electron chi connectivity index (χ3n) is 16.1. The molecule has 15 rings (SSSR count). The van der Waals surface area contributed by atoms with Gasteiger partial charge in [-0.05, 0) is 95.7 Å². The first-order valence-corrected chi connectivity index (χ1v) is 26.1. The lowest BCUT2D eigenvalue weighted by molar-refractivity contribution is 0.768. The van der Waals surface area contributed by atoms with Gasteiger partial charge < -0.3 is 0 Å². The summed E-state index contributed by atoms with van der Waals surface area (Å²) in [5.41, 5.74) is 19.7. The Morgan fingerprint density at radius 1 is 0.373 bits per heavy atom. The molecule has 0 spiro atoms. The Hall–Kier alpha value is -9.78. The predicted molar refractivity (Wildman–Crippen MR) is 306 cm³/mol. The Kier molecular flexibility index (Phi) is 9.35. The van der Waals surface area contributed by atoms with Crippen molar-refractivity contribution in [3.05, 3.63) is 304 Å². The standard InChI is InChI=1S/C70H40N4S/c1-72-48-37-39-50-56(41-48)55-40-43(42-71)36-38-49(55)63-64(50)74-66-65(73-63)67(53-30-18-34-59-61(53)51-28-14-16-32-57(51)69(59,44-20-6-2-7-21-44)45-22-8-3-9-23-45)75-68(66)54-31-19-35-60-62(54)52-29-15-17-33-58(52)70(60,46-24-10-4-11-25-46)47-26-12-5-13-27-47/h2-41H. The fourth-order valence-corrected chi connectivity index (χ4v) is 14.4. The molecule has 13 aromatic rings. The van der Waals surface area contributed by atoms with E-state index in [1.807, 2.05) is 36.4 Å². The average molecular weight is 969 g/mol. The minimum atomic E-state index is -0.599. The normalized spacial score (nSPS) is 13.5. The van der Waals surface area contributed by atoms with E-state index in [2.05, 4.69) is 217 Å². The molecule has 0 amide bonds. The summed E-state index contributed by atoms with van der Waals surface area (Å²) in [6.07, 6.45) is 0. The number of thiophene rings is 1. The number of nitrogens with zero attached hydrogens (tertiary/aromatic N) is 4. The van der Waals surface area contributed by atoms with Gasteiger partial charge in [-0.2, -0.15) is 5.26 Å². The summed E-state index contributed by atoms with van der Waals surface area (Å²) in [5, 5.41) is 13.7. The Balaban J connectivity index is 1.10. The summed E-state index contributed by atoms with van der Waals surface area (Å²) in [4.78, 5) is 17.7. The van der Waals surface area contributed by atoms with Crippen molar-refractivity contribution in [2.45, 2.75) is 10.8 Å². The Bertz CT molecular complexity index is 4230.